The van der Waals surface area contributed by atoms with Gasteiger partial charge in [-0.2, -0.15) is 0 Å². The molecular formula is C17H17N3S. The van der Waals surface area contributed by atoms with Gasteiger partial charge in [-0.05, 0) is 31.7 Å². The molecule has 0 unspecified atom stereocenters. The molecule has 4 rings (SSSR count). The summed E-state index contributed by atoms with van der Waals surface area (Å²) >= 11 is 1.76. The molecule has 0 saturated carbocycles. The van der Waals surface area contributed by atoms with Crippen molar-refractivity contribution >= 4 is 27.2 Å². The fourth-order valence-electron chi connectivity index (χ4n) is 3.07. The van der Waals surface area contributed by atoms with E-state index in [-0.39, 0.29) is 0 Å². The van der Waals surface area contributed by atoms with Crippen LogP contribution in [0.2, 0.25) is 0 Å². The molecular weight excluding hydrogens is 278 g/mol. The molecule has 1 aliphatic rings. The number of thiophene rings is 1. The summed E-state index contributed by atoms with van der Waals surface area (Å²) in [5.41, 5.74) is 3.69. The van der Waals surface area contributed by atoms with Crippen molar-refractivity contribution < 1.29 is 0 Å². The monoisotopic (exact) mass is 295 g/mol. The number of aromatic nitrogens is 2. The fraction of sp³-hybridized carbons (Fsp3) is 0.294. The van der Waals surface area contributed by atoms with Crippen molar-refractivity contribution in [3.05, 3.63) is 40.9 Å². The minimum atomic E-state index is 0.859. The van der Waals surface area contributed by atoms with Gasteiger partial charge >= 0.3 is 0 Å². The molecule has 21 heavy (non-hydrogen) atoms. The Hall–Kier alpha value is -1.94. The van der Waals surface area contributed by atoms with E-state index in [2.05, 4.69) is 35.0 Å². The highest BCUT2D eigenvalue weighted by Crippen LogP contribution is 2.34. The summed E-state index contributed by atoms with van der Waals surface area (Å²) in [6.07, 6.45) is 4.64. The van der Waals surface area contributed by atoms with E-state index in [1.54, 1.807) is 11.3 Å². The maximum atomic E-state index is 4.87. The maximum Gasteiger partial charge on any atom is 0.163 e. The summed E-state index contributed by atoms with van der Waals surface area (Å²) in [6.45, 7) is 0. The lowest BCUT2D eigenvalue weighted by atomic mass is 9.96. The zero-order valence-corrected chi connectivity index (χ0v) is 12.8. The summed E-state index contributed by atoms with van der Waals surface area (Å²) in [4.78, 5) is 9.65. The topological polar surface area (TPSA) is 37.8 Å². The molecule has 3 nitrogen and oxygen atoms in total. The van der Waals surface area contributed by atoms with E-state index >= 15 is 0 Å². The maximum absolute atomic E-state index is 4.87. The first kappa shape index (κ1) is 12.8. The van der Waals surface area contributed by atoms with E-state index < -0.39 is 0 Å². The predicted octanol–water partition coefficient (Wildman–Crippen LogP) is 4.28. The lowest BCUT2D eigenvalue weighted by molar-refractivity contribution is 0.665. The smallest absolute Gasteiger partial charge is 0.163 e. The number of nitrogens with one attached hydrogen (secondary N) is 1. The molecule has 0 saturated heterocycles. The van der Waals surface area contributed by atoms with Gasteiger partial charge in [0.2, 0.25) is 0 Å². The normalized spacial score (nSPS) is 14.1. The average Bonchev–Trinajstić information content (AvgIpc) is 2.98. The van der Waals surface area contributed by atoms with Crippen molar-refractivity contribution in [1.29, 1.82) is 0 Å². The van der Waals surface area contributed by atoms with Crippen LogP contribution in [0.15, 0.2) is 29.6 Å². The number of hydrogen-bond acceptors (Lipinski definition) is 4. The summed E-state index contributed by atoms with van der Waals surface area (Å²) < 4.78 is 1.29. The molecule has 0 spiro atoms. The van der Waals surface area contributed by atoms with Gasteiger partial charge in [-0.1, -0.05) is 18.2 Å². The standard InChI is InChI=1S/C17H17N3S/c1-18-16-12-7-2-4-8-14(12)19-17(20-16)13-10-21-15-9-5-3-6-11(13)15/h3,5-6,9-10H,2,4,7-8H2,1H3,(H,18,19,20). The van der Waals surface area contributed by atoms with Crippen molar-refractivity contribution in [2.75, 3.05) is 12.4 Å². The second kappa shape index (κ2) is 5.11. The number of aryl methyl sites for hydroxylation is 1. The molecule has 0 bridgehead atoms. The Labute approximate surface area is 128 Å². The van der Waals surface area contributed by atoms with E-state index in [1.807, 2.05) is 7.05 Å². The highest BCUT2D eigenvalue weighted by molar-refractivity contribution is 7.17. The molecule has 2 heterocycles. The van der Waals surface area contributed by atoms with Crippen LogP contribution in [-0.4, -0.2) is 17.0 Å². The van der Waals surface area contributed by atoms with Crippen molar-refractivity contribution in [2.45, 2.75) is 25.7 Å². The van der Waals surface area contributed by atoms with E-state index in [9.17, 15) is 0 Å². The summed E-state index contributed by atoms with van der Waals surface area (Å²) in [5.74, 6) is 1.86. The van der Waals surface area contributed by atoms with Crippen LogP contribution in [0.25, 0.3) is 21.5 Å². The minimum Gasteiger partial charge on any atom is -0.373 e. The Bertz CT molecular complexity index is 790. The number of anilines is 1. The third-order valence-electron chi connectivity index (χ3n) is 4.14. The molecule has 4 heteroatoms. The molecule has 0 amide bonds. The Kier molecular flexibility index (Phi) is 3.11. The lowest BCUT2D eigenvalue weighted by Gasteiger charge is -2.18. The van der Waals surface area contributed by atoms with Crippen LogP contribution in [-0.2, 0) is 12.8 Å². The van der Waals surface area contributed by atoms with Gasteiger partial charge in [-0.3, -0.25) is 0 Å². The van der Waals surface area contributed by atoms with Crippen molar-refractivity contribution in [2.24, 2.45) is 0 Å². The van der Waals surface area contributed by atoms with Gasteiger partial charge < -0.3 is 5.32 Å². The second-order valence-corrected chi connectivity index (χ2v) is 6.33. The van der Waals surface area contributed by atoms with Gasteiger partial charge in [0.1, 0.15) is 5.82 Å². The largest absolute Gasteiger partial charge is 0.373 e. The molecule has 0 atom stereocenters. The van der Waals surface area contributed by atoms with Crippen molar-refractivity contribution in [3.8, 4) is 11.4 Å². The van der Waals surface area contributed by atoms with E-state index in [0.717, 1.165) is 30.0 Å². The SMILES string of the molecule is CNc1nc(-c2csc3ccccc23)nc2c1CCCC2. The number of rotatable bonds is 2. The quantitative estimate of drug-likeness (QED) is 0.767. The number of benzene rings is 1. The zero-order valence-electron chi connectivity index (χ0n) is 12.0. The number of nitrogens with zero attached hydrogens (tertiary/aromatic N) is 2. The molecule has 3 aromatic rings. The molecule has 0 aliphatic heterocycles. The average molecular weight is 295 g/mol. The zero-order chi connectivity index (χ0) is 14.2. The van der Waals surface area contributed by atoms with Crippen LogP contribution in [0.5, 0.6) is 0 Å². The van der Waals surface area contributed by atoms with Gasteiger partial charge in [0, 0.05) is 39.3 Å². The molecule has 0 radical (unpaired) electrons. The predicted molar refractivity (Wildman–Crippen MR) is 89.0 cm³/mol. The van der Waals surface area contributed by atoms with Crippen LogP contribution in [0.4, 0.5) is 5.82 Å². The Morgan fingerprint density at radius 2 is 1.95 bits per heavy atom. The summed E-state index contributed by atoms with van der Waals surface area (Å²) in [6, 6.07) is 8.47. The van der Waals surface area contributed by atoms with E-state index in [1.165, 1.54) is 34.2 Å². The van der Waals surface area contributed by atoms with Crippen LogP contribution >= 0.6 is 11.3 Å². The van der Waals surface area contributed by atoms with Gasteiger partial charge in [-0.15, -0.1) is 11.3 Å². The Morgan fingerprint density at radius 3 is 2.86 bits per heavy atom. The molecule has 1 N–H and O–H groups in total. The minimum absolute atomic E-state index is 0.859. The molecule has 0 fully saturated rings. The highest BCUT2D eigenvalue weighted by atomic mass is 32.1. The molecule has 2 aromatic heterocycles. The van der Waals surface area contributed by atoms with Crippen LogP contribution < -0.4 is 5.32 Å². The molecule has 1 aromatic carbocycles. The Morgan fingerprint density at radius 1 is 1.10 bits per heavy atom. The number of fused-ring (bicyclic) bond motifs is 2. The number of hydrogen-bond donors (Lipinski definition) is 1. The van der Waals surface area contributed by atoms with Crippen molar-refractivity contribution in [3.63, 3.8) is 0 Å². The molecule has 106 valence electrons. The second-order valence-electron chi connectivity index (χ2n) is 5.42. The van der Waals surface area contributed by atoms with Gasteiger partial charge in [0.15, 0.2) is 5.82 Å². The van der Waals surface area contributed by atoms with Crippen LogP contribution in [0, 0.1) is 0 Å². The summed E-state index contributed by atoms with van der Waals surface area (Å²) in [5, 5.41) is 6.68. The van der Waals surface area contributed by atoms with Crippen LogP contribution in [0.3, 0.4) is 0 Å². The van der Waals surface area contributed by atoms with E-state index in [4.69, 9.17) is 9.97 Å². The first-order valence-electron chi connectivity index (χ1n) is 7.41. The van der Waals surface area contributed by atoms with Crippen molar-refractivity contribution in [1.82, 2.24) is 9.97 Å². The Balaban J connectivity index is 1.92. The third-order valence-corrected chi connectivity index (χ3v) is 5.11. The van der Waals surface area contributed by atoms with Gasteiger partial charge in [0.05, 0.1) is 0 Å². The fourth-order valence-corrected chi connectivity index (χ4v) is 4.01. The highest BCUT2D eigenvalue weighted by Gasteiger charge is 2.19. The first-order chi connectivity index (χ1) is 10.4. The third kappa shape index (κ3) is 2.10. The van der Waals surface area contributed by atoms with Crippen LogP contribution in [0.1, 0.15) is 24.1 Å². The van der Waals surface area contributed by atoms with Gasteiger partial charge in [0.25, 0.3) is 0 Å². The first-order valence-corrected chi connectivity index (χ1v) is 8.29. The molecule has 1 aliphatic carbocycles. The van der Waals surface area contributed by atoms with Gasteiger partial charge in [-0.25, -0.2) is 9.97 Å². The lowest BCUT2D eigenvalue weighted by Crippen LogP contribution is -2.11. The summed E-state index contributed by atoms with van der Waals surface area (Å²) in [7, 11) is 1.95. The van der Waals surface area contributed by atoms with E-state index in [0.29, 0.717) is 0 Å².